The van der Waals surface area contributed by atoms with Crippen LogP contribution in [-0.2, 0) is 18.4 Å². The molecule has 1 aromatic heterocycles. The number of halogens is 2. The van der Waals surface area contributed by atoms with E-state index in [9.17, 15) is 4.79 Å². The van der Waals surface area contributed by atoms with Gasteiger partial charge >= 0.3 is 0 Å². The number of hydrogen-bond donors (Lipinski definition) is 0. The molecule has 0 saturated heterocycles. The van der Waals surface area contributed by atoms with Gasteiger partial charge in [-0.2, -0.15) is 0 Å². The third-order valence-corrected chi connectivity index (χ3v) is 4.07. The normalized spacial score (nSPS) is 12.2. The molecule has 0 radical (unpaired) electrons. The number of amides is 1. The Kier molecular flexibility index (Phi) is 5.80. The predicted octanol–water partition coefficient (Wildman–Crippen LogP) is 3.19. The second-order valence-corrected chi connectivity index (χ2v) is 5.68. The van der Waals surface area contributed by atoms with Gasteiger partial charge in [-0.25, -0.2) is 0 Å². The van der Waals surface area contributed by atoms with E-state index in [-0.39, 0.29) is 17.8 Å². The van der Waals surface area contributed by atoms with Crippen molar-refractivity contribution >= 4 is 29.1 Å². The number of nitrogens with zero attached hydrogens (tertiary/aromatic N) is 4. The van der Waals surface area contributed by atoms with E-state index in [1.54, 1.807) is 22.8 Å². The van der Waals surface area contributed by atoms with Crippen LogP contribution in [0.15, 0.2) is 30.5 Å². The number of benzene rings is 1. The third kappa shape index (κ3) is 3.78. The van der Waals surface area contributed by atoms with Crippen molar-refractivity contribution < 1.29 is 4.79 Å². The van der Waals surface area contributed by atoms with E-state index in [1.807, 2.05) is 31.2 Å². The molecule has 0 aliphatic rings. The average molecular weight is 341 g/mol. The number of rotatable bonds is 6. The van der Waals surface area contributed by atoms with Crippen LogP contribution in [0.5, 0.6) is 0 Å². The molecule has 7 heteroatoms. The van der Waals surface area contributed by atoms with Crippen LogP contribution in [0, 0.1) is 0 Å². The number of carbonyl (C=O) groups excluding carboxylic acids is 1. The second kappa shape index (κ2) is 7.61. The Balaban J connectivity index is 2.31. The van der Waals surface area contributed by atoms with Gasteiger partial charge < -0.3 is 4.90 Å². The number of carbonyl (C=O) groups is 1. The van der Waals surface area contributed by atoms with Gasteiger partial charge in [0, 0.05) is 12.1 Å². The monoisotopic (exact) mass is 340 g/mol. The fourth-order valence-corrected chi connectivity index (χ4v) is 2.68. The van der Waals surface area contributed by atoms with Crippen LogP contribution in [0.4, 0.5) is 0 Å². The molecule has 0 fully saturated rings. The largest absolute Gasteiger partial charge is 0.329 e. The van der Waals surface area contributed by atoms with Crippen LogP contribution in [0.25, 0.3) is 0 Å². The Bertz CT molecular complexity index is 627. The topological polar surface area (TPSA) is 51.0 Å². The van der Waals surface area contributed by atoms with E-state index in [0.717, 1.165) is 17.7 Å². The zero-order valence-corrected chi connectivity index (χ0v) is 14.1. The van der Waals surface area contributed by atoms with Gasteiger partial charge in [0.2, 0.25) is 5.91 Å². The molecule has 5 nitrogen and oxygen atoms in total. The lowest BCUT2D eigenvalue weighted by molar-refractivity contribution is -0.131. The summed E-state index contributed by atoms with van der Waals surface area (Å²) in [6, 6.07) is 7.46. The summed E-state index contributed by atoms with van der Waals surface area (Å²) in [6.07, 6.45) is 2.43. The molecule has 22 heavy (non-hydrogen) atoms. The number of hydrogen-bond acceptors (Lipinski definition) is 3. The van der Waals surface area contributed by atoms with E-state index >= 15 is 0 Å². The molecule has 1 unspecified atom stereocenters. The minimum absolute atomic E-state index is 0.0601. The van der Waals surface area contributed by atoms with Gasteiger partial charge in [0.15, 0.2) is 0 Å². The molecule has 2 aromatic rings. The Morgan fingerprint density at radius 2 is 2.05 bits per heavy atom. The molecule has 0 N–H and O–H groups in total. The van der Waals surface area contributed by atoms with Crippen LogP contribution >= 0.6 is 23.2 Å². The number of aryl methyl sites for hydroxylation is 1. The summed E-state index contributed by atoms with van der Waals surface area (Å²) in [5.41, 5.74) is 1.88. The van der Waals surface area contributed by atoms with Crippen molar-refractivity contribution in [1.29, 1.82) is 0 Å². The first-order valence-electron chi connectivity index (χ1n) is 7.01. The van der Waals surface area contributed by atoms with Gasteiger partial charge in [-0.05, 0) is 24.1 Å². The molecule has 0 aliphatic heterocycles. The standard InChI is InChI=1S/C15H18Cl2N4O/c1-3-14(11-4-6-12(17)7-5-11)21(15(22)8-16)10-13-9-18-19-20(13)2/h4-7,9,14H,3,8,10H2,1-2H3. The lowest BCUT2D eigenvalue weighted by Gasteiger charge is -2.31. The molecule has 0 saturated carbocycles. The van der Waals surface area contributed by atoms with Crippen LogP contribution in [0.1, 0.15) is 30.6 Å². The molecule has 1 aromatic carbocycles. The van der Waals surface area contributed by atoms with Gasteiger partial charge in [-0.15, -0.1) is 16.7 Å². The van der Waals surface area contributed by atoms with Crippen molar-refractivity contribution in [3.63, 3.8) is 0 Å². The van der Waals surface area contributed by atoms with Crippen molar-refractivity contribution in [1.82, 2.24) is 19.9 Å². The average Bonchev–Trinajstić information content (AvgIpc) is 2.93. The van der Waals surface area contributed by atoms with Crippen molar-refractivity contribution in [2.24, 2.45) is 7.05 Å². The highest BCUT2D eigenvalue weighted by molar-refractivity contribution is 6.30. The van der Waals surface area contributed by atoms with Crippen LogP contribution in [-0.4, -0.2) is 31.7 Å². The number of aromatic nitrogens is 3. The maximum Gasteiger partial charge on any atom is 0.238 e. The Hall–Kier alpha value is -1.59. The predicted molar refractivity (Wildman–Crippen MR) is 86.8 cm³/mol. The molecule has 1 amide bonds. The van der Waals surface area contributed by atoms with Crippen molar-refractivity contribution in [2.45, 2.75) is 25.9 Å². The van der Waals surface area contributed by atoms with E-state index in [2.05, 4.69) is 10.3 Å². The minimum atomic E-state index is -0.121. The van der Waals surface area contributed by atoms with Gasteiger partial charge in [0.05, 0.1) is 24.5 Å². The van der Waals surface area contributed by atoms with Crippen molar-refractivity contribution in [3.8, 4) is 0 Å². The SMILES string of the molecule is CCC(c1ccc(Cl)cc1)N(Cc1cnnn1C)C(=O)CCl. The fourth-order valence-electron chi connectivity index (χ4n) is 2.40. The second-order valence-electron chi connectivity index (χ2n) is 4.98. The van der Waals surface area contributed by atoms with E-state index in [1.165, 1.54) is 0 Å². The van der Waals surface area contributed by atoms with Crippen LogP contribution in [0.3, 0.4) is 0 Å². The van der Waals surface area contributed by atoms with Gasteiger partial charge in [0.1, 0.15) is 5.88 Å². The van der Waals surface area contributed by atoms with Crippen molar-refractivity contribution in [2.75, 3.05) is 5.88 Å². The van der Waals surface area contributed by atoms with Gasteiger partial charge in [-0.3, -0.25) is 9.48 Å². The summed E-state index contributed by atoms with van der Waals surface area (Å²) in [5, 5.41) is 8.43. The highest BCUT2D eigenvalue weighted by Crippen LogP contribution is 2.27. The first kappa shape index (κ1) is 16.8. The molecule has 0 aliphatic carbocycles. The molecule has 1 atom stereocenters. The Morgan fingerprint density at radius 3 is 2.55 bits per heavy atom. The first-order chi connectivity index (χ1) is 10.6. The van der Waals surface area contributed by atoms with Crippen molar-refractivity contribution in [3.05, 3.63) is 46.7 Å². The molecule has 0 bridgehead atoms. The number of alkyl halides is 1. The molecule has 2 rings (SSSR count). The maximum atomic E-state index is 12.3. The molecule has 0 spiro atoms. The molecule has 118 valence electrons. The summed E-state index contributed by atoms with van der Waals surface area (Å²) in [6.45, 7) is 2.45. The summed E-state index contributed by atoms with van der Waals surface area (Å²) in [4.78, 5) is 14.1. The highest BCUT2D eigenvalue weighted by Gasteiger charge is 2.24. The minimum Gasteiger partial charge on any atom is -0.329 e. The van der Waals surface area contributed by atoms with E-state index in [0.29, 0.717) is 11.6 Å². The quantitative estimate of drug-likeness (QED) is 0.759. The van der Waals surface area contributed by atoms with E-state index < -0.39 is 0 Å². The Labute approximate surface area is 139 Å². The van der Waals surface area contributed by atoms with Crippen LogP contribution in [0.2, 0.25) is 5.02 Å². The fraction of sp³-hybridized carbons (Fsp3) is 0.400. The van der Waals surface area contributed by atoms with E-state index in [4.69, 9.17) is 23.2 Å². The van der Waals surface area contributed by atoms with Gasteiger partial charge in [0.25, 0.3) is 0 Å². The third-order valence-electron chi connectivity index (χ3n) is 3.59. The maximum absolute atomic E-state index is 12.3. The summed E-state index contributed by atoms with van der Waals surface area (Å²) >= 11 is 11.7. The lowest BCUT2D eigenvalue weighted by Crippen LogP contribution is -2.35. The summed E-state index contributed by atoms with van der Waals surface area (Å²) < 4.78 is 1.66. The first-order valence-corrected chi connectivity index (χ1v) is 7.92. The highest BCUT2D eigenvalue weighted by atomic mass is 35.5. The zero-order valence-electron chi connectivity index (χ0n) is 12.5. The summed E-state index contributed by atoms with van der Waals surface area (Å²) in [5.74, 6) is -0.181. The molecular formula is C15H18Cl2N4O. The van der Waals surface area contributed by atoms with Gasteiger partial charge in [-0.1, -0.05) is 35.9 Å². The Morgan fingerprint density at radius 1 is 1.36 bits per heavy atom. The van der Waals surface area contributed by atoms with Crippen LogP contribution < -0.4 is 0 Å². The molecular weight excluding hydrogens is 323 g/mol. The lowest BCUT2D eigenvalue weighted by atomic mass is 10.0. The molecule has 1 heterocycles. The smallest absolute Gasteiger partial charge is 0.238 e. The zero-order chi connectivity index (χ0) is 16.1. The summed E-state index contributed by atoms with van der Waals surface area (Å²) in [7, 11) is 1.80.